The van der Waals surface area contributed by atoms with Crippen LogP contribution in [-0.2, 0) is 0 Å². The molecule has 0 aliphatic heterocycles. The summed E-state index contributed by atoms with van der Waals surface area (Å²) < 4.78 is 15.1. The van der Waals surface area contributed by atoms with Gasteiger partial charge in [0.1, 0.15) is 5.82 Å². The van der Waals surface area contributed by atoms with E-state index in [4.69, 9.17) is 0 Å². The highest BCUT2D eigenvalue weighted by Gasteiger charge is 2.14. The number of amides is 2. The van der Waals surface area contributed by atoms with Crippen molar-refractivity contribution in [2.24, 2.45) is 0 Å². The van der Waals surface area contributed by atoms with Crippen molar-refractivity contribution in [2.45, 2.75) is 6.10 Å². The van der Waals surface area contributed by atoms with Gasteiger partial charge >= 0.3 is 6.03 Å². The molecule has 118 valence electrons. The van der Waals surface area contributed by atoms with Crippen LogP contribution in [0.25, 0.3) is 5.65 Å². The van der Waals surface area contributed by atoms with Gasteiger partial charge in [-0.05, 0) is 18.2 Å². The van der Waals surface area contributed by atoms with Gasteiger partial charge in [0, 0.05) is 18.3 Å². The molecule has 8 heteroatoms. The van der Waals surface area contributed by atoms with Crippen LogP contribution in [0.15, 0.2) is 48.7 Å². The van der Waals surface area contributed by atoms with Crippen LogP contribution in [0.1, 0.15) is 11.7 Å². The van der Waals surface area contributed by atoms with Gasteiger partial charge in [0.05, 0.1) is 6.10 Å². The van der Waals surface area contributed by atoms with Gasteiger partial charge in [0.15, 0.2) is 5.65 Å². The molecule has 7 nitrogen and oxygen atoms in total. The number of hydrogen-bond donors (Lipinski definition) is 3. The molecule has 0 fully saturated rings. The number of hydrogen-bond acceptors (Lipinski definition) is 4. The monoisotopic (exact) mass is 315 g/mol. The number of nitrogens with zero attached hydrogens (tertiary/aromatic N) is 3. The number of anilines is 1. The predicted molar refractivity (Wildman–Crippen MR) is 81.4 cm³/mol. The second kappa shape index (κ2) is 6.41. The minimum absolute atomic E-state index is 0.126. The van der Waals surface area contributed by atoms with Gasteiger partial charge in [-0.25, -0.2) is 9.18 Å². The van der Waals surface area contributed by atoms with E-state index in [-0.39, 0.29) is 18.1 Å². The van der Waals surface area contributed by atoms with Crippen LogP contribution < -0.4 is 10.6 Å². The Labute approximate surface area is 130 Å². The van der Waals surface area contributed by atoms with E-state index in [1.165, 1.54) is 18.2 Å². The van der Waals surface area contributed by atoms with Crippen molar-refractivity contribution in [2.75, 3.05) is 11.9 Å². The lowest BCUT2D eigenvalue weighted by Gasteiger charge is -2.13. The van der Waals surface area contributed by atoms with E-state index in [9.17, 15) is 14.3 Å². The third kappa shape index (κ3) is 3.27. The maximum atomic E-state index is 13.5. The fourth-order valence-electron chi connectivity index (χ4n) is 2.12. The minimum Gasteiger partial charge on any atom is -0.386 e. The van der Waals surface area contributed by atoms with Gasteiger partial charge in [-0.1, -0.05) is 24.3 Å². The third-order valence-electron chi connectivity index (χ3n) is 3.26. The number of pyridine rings is 1. The summed E-state index contributed by atoms with van der Waals surface area (Å²) in [4.78, 5) is 11.9. The second-order valence-corrected chi connectivity index (χ2v) is 4.82. The number of aliphatic hydroxyl groups excluding tert-OH is 1. The Morgan fingerprint density at radius 3 is 2.83 bits per heavy atom. The molecule has 3 rings (SSSR count). The largest absolute Gasteiger partial charge is 0.386 e. The summed E-state index contributed by atoms with van der Waals surface area (Å²) in [6.45, 7) is -0.135. The number of benzene rings is 1. The molecule has 1 atom stereocenters. The van der Waals surface area contributed by atoms with Crippen LogP contribution in [0.2, 0.25) is 0 Å². The van der Waals surface area contributed by atoms with Crippen LogP contribution in [0.3, 0.4) is 0 Å². The van der Waals surface area contributed by atoms with Crippen molar-refractivity contribution in [3.05, 3.63) is 60.0 Å². The molecule has 0 radical (unpaired) electrons. The number of aromatic nitrogens is 3. The molecular weight excluding hydrogens is 301 g/mol. The molecule has 3 N–H and O–H groups in total. The number of aliphatic hydroxyl groups is 1. The number of halogens is 1. The first-order valence-corrected chi connectivity index (χ1v) is 6.92. The van der Waals surface area contributed by atoms with E-state index in [2.05, 4.69) is 20.8 Å². The Bertz CT molecular complexity index is 835. The summed E-state index contributed by atoms with van der Waals surface area (Å²) in [7, 11) is 0. The number of carbonyl (C=O) groups is 1. The van der Waals surface area contributed by atoms with Crippen molar-refractivity contribution in [3.8, 4) is 0 Å². The zero-order chi connectivity index (χ0) is 16.2. The van der Waals surface area contributed by atoms with E-state index >= 15 is 0 Å². The van der Waals surface area contributed by atoms with Gasteiger partial charge in [-0.2, -0.15) is 0 Å². The summed E-state index contributed by atoms with van der Waals surface area (Å²) in [5, 5.41) is 22.7. The fraction of sp³-hybridized carbons (Fsp3) is 0.133. The van der Waals surface area contributed by atoms with Crippen LogP contribution in [0, 0.1) is 5.82 Å². The Kier molecular flexibility index (Phi) is 4.15. The van der Waals surface area contributed by atoms with Gasteiger partial charge < -0.3 is 10.4 Å². The van der Waals surface area contributed by atoms with Crippen molar-refractivity contribution in [3.63, 3.8) is 0 Å². The molecule has 0 saturated carbocycles. The molecule has 0 aliphatic carbocycles. The first-order chi connectivity index (χ1) is 11.1. The first kappa shape index (κ1) is 14.9. The number of carbonyl (C=O) groups excluding carboxylic acids is 1. The smallest absolute Gasteiger partial charge is 0.321 e. The van der Waals surface area contributed by atoms with E-state index in [0.717, 1.165) is 0 Å². The van der Waals surface area contributed by atoms with Crippen molar-refractivity contribution in [1.82, 2.24) is 19.9 Å². The van der Waals surface area contributed by atoms with Crippen LogP contribution in [0.4, 0.5) is 15.1 Å². The molecule has 0 bridgehead atoms. The molecular formula is C15H14FN5O2. The lowest BCUT2D eigenvalue weighted by molar-refractivity contribution is 0.170. The van der Waals surface area contributed by atoms with Crippen molar-refractivity contribution >= 4 is 17.6 Å². The summed E-state index contributed by atoms with van der Waals surface area (Å²) in [5.74, 6) is -0.274. The fourth-order valence-corrected chi connectivity index (χ4v) is 2.12. The lowest BCUT2D eigenvalue weighted by atomic mass is 10.1. The van der Waals surface area contributed by atoms with Gasteiger partial charge in [0.25, 0.3) is 0 Å². The van der Waals surface area contributed by atoms with Crippen molar-refractivity contribution in [1.29, 1.82) is 0 Å². The topological polar surface area (TPSA) is 91.5 Å². The molecule has 1 aromatic carbocycles. The van der Waals surface area contributed by atoms with E-state index < -0.39 is 18.0 Å². The Morgan fingerprint density at radius 2 is 2.00 bits per heavy atom. The summed E-state index contributed by atoms with van der Waals surface area (Å²) in [5.41, 5.74) is 0.718. The average molecular weight is 315 g/mol. The van der Waals surface area contributed by atoms with Gasteiger partial charge in [-0.3, -0.25) is 9.72 Å². The Hall–Kier alpha value is -3.00. The molecule has 1 unspecified atom stereocenters. The molecule has 23 heavy (non-hydrogen) atoms. The normalized spacial score (nSPS) is 12.1. The zero-order valence-electron chi connectivity index (χ0n) is 12.0. The highest BCUT2D eigenvalue weighted by Crippen LogP contribution is 2.15. The van der Waals surface area contributed by atoms with Crippen LogP contribution >= 0.6 is 0 Å². The predicted octanol–water partition coefficient (Wildman–Crippen LogP) is 1.72. The van der Waals surface area contributed by atoms with E-state index in [1.54, 1.807) is 34.9 Å². The SMILES string of the molecule is O=C(NCC(O)c1ccccc1F)Nc1nnc2ccccn12. The highest BCUT2D eigenvalue weighted by atomic mass is 19.1. The molecule has 0 aliphatic rings. The standard InChI is InChI=1S/C15H14FN5O2/c16-11-6-2-1-5-10(11)12(22)9-17-15(23)18-14-20-19-13-7-3-4-8-21(13)14/h1-8,12,22H,9H2,(H2,17,18,20,23). The molecule has 0 spiro atoms. The molecule has 2 heterocycles. The Balaban J connectivity index is 1.61. The number of rotatable bonds is 4. The number of fused-ring (bicyclic) bond motifs is 1. The molecule has 2 aromatic heterocycles. The summed E-state index contributed by atoms with van der Waals surface area (Å²) in [6.07, 6.45) is 0.566. The van der Waals surface area contributed by atoms with Crippen LogP contribution in [0.5, 0.6) is 0 Å². The molecule has 0 saturated heterocycles. The third-order valence-corrected chi connectivity index (χ3v) is 3.26. The zero-order valence-corrected chi connectivity index (χ0v) is 12.0. The quantitative estimate of drug-likeness (QED) is 0.683. The van der Waals surface area contributed by atoms with E-state index in [0.29, 0.717) is 5.65 Å². The Morgan fingerprint density at radius 1 is 1.22 bits per heavy atom. The average Bonchev–Trinajstić information content (AvgIpc) is 2.96. The molecule has 3 aromatic rings. The number of urea groups is 1. The lowest BCUT2D eigenvalue weighted by Crippen LogP contribution is -2.33. The minimum atomic E-state index is -1.14. The summed E-state index contributed by atoms with van der Waals surface area (Å²) >= 11 is 0. The molecule has 2 amide bonds. The summed E-state index contributed by atoms with van der Waals surface area (Å²) in [6, 6.07) is 10.6. The van der Waals surface area contributed by atoms with E-state index in [1.807, 2.05) is 0 Å². The maximum absolute atomic E-state index is 13.5. The second-order valence-electron chi connectivity index (χ2n) is 4.82. The van der Waals surface area contributed by atoms with Crippen LogP contribution in [-0.4, -0.2) is 32.3 Å². The van der Waals surface area contributed by atoms with Gasteiger partial charge in [0.2, 0.25) is 5.95 Å². The van der Waals surface area contributed by atoms with Crippen molar-refractivity contribution < 1.29 is 14.3 Å². The highest BCUT2D eigenvalue weighted by molar-refractivity contribution is 5.87. The first-order valence-electron chi connectivity index (χ1n) is 6.92. The maximum Gasteiger partial charge on any atom is 0.321 e. The van der Waals surface area contributed by atoms with Gasteiger partial charge in [-0.15, -0.1) is 10.2 Å². The number of nitrogens with one attached hydrogen (secondary N) is 2.